The van der Waals surface area contributed by atoms with Crippen molar-refractivity contribution in [3.8, 4) is 5.75 Å². The topological polar surface area (TPSA) is 66.1 Å². The minimum absolute atomic E-state index is 0.233. The summed E-state index contributed by atoms with van der Waals surface area (Å²) >= 11 is 0. The van der Waals surface area contributed by atoms with Gasteiger partial charge in [0.05, 0.1) is 12.8 Å². The summed E-state index contributed by atoms with van der Waals surface area (Å²) in [5.41, 5.74) is 2.61. The van der Waals surface area contributed by atoms with Crippen molar-refractivity contribution in [1.29, 1.82) is 0 Å². The third-order valence-corrected chi connectivity index (χ3v) is 5.90. The van der Waals surface area contributed by atoms with Gasteiger partial charge < -0.3 is 19.5 Å². The van der Waals surface area contributed by atoms with E-state index in [-0.39, 0.29) is 5.41 Å². The van der Waals surface area contributed by atoms with Crippen molar-refractivity contribution in [3.63, 3.8) is 0 Å². The maximum Gasteiger partial charge on any atom is 0.193 e. The molecule has 0 unspecified atom stereocenters. The first-order valence-electron chi connectivity index (χ1n) is 9.94. The normalized spacial score (nSPS) is 19.5. The number of aliphatic imine (C=N–C) groups is 1. The predicted octanol–water partition coefficient (Wildman–Crippen LogP) is 2.11. The lowest BCUT2D eigenvalue weighted by atomic mass is 9.96. The zero-order valence-electron chi connectivity index (χ0n) is 16.7. The van der Waals surface area contributed by atoms with Crippen molar-refractivity contribution in [1.82, 2.24) is 20.3 Å². The number of rotatable bonds is 6. The summed E-state index contributed by atoms with van der Waals surface area (Å²) in [4.78, 5) is 9.28. The zero-order chi connectivity index (χ0) is 19.4. The molecule has 7 nitrogen and oxygen atoms in total. The molecule has 1 saturated carbocycles. The molecule has 2 aromatic rings. The number of ether oxygens (including phenoxy) is 1. The lowest BCUT2D eigenvalue weighted by molar-refractivity contribution is 0.169. The van der Waals surface area contributed by atoms with E-state index >= 15 is 0 Å². The summed E-state index contributed by atoms with van der Waals surface area (Å²) < 4.78 is 10.2. The number of hydrogen-bond acceptors (Lipinski definition) is 5. The van der Waals surface area contributed by atoms with Gasteiger partial charge in [-0.15, -0.1) is 0 Å². The van der Waals surface area contributed by atoms with Gasteiger partial charge in [-0.05, 0) is 30.5 Å². The highest BCUT2D eigenvalue weighted by molar-refractivity contribution is 5.80. The van der Waals surface area contributed by atoms with Crippen molar-refractivity contribution < 1.29 is 9.26 Å². The number of hydrogen-bond donors (Lipinski definition) is 1. The highest BCUT2D eigenvalue weighted by Crippen LogP contribution is 2.47. The van der Waals surface area contributed by atoms with Gasteiger partial charge in [0.15, 0.2) is 5.96 Å². The third-order valence-electron chi connectivity index (χ3n) is 5.90. The van der Waals surface area contributed by atoms with Crippen LogP contribution in [0.15, 0.2) is 46.1 Å². The predicted molar refractivity (Wildman–Crippen MR) is 109 cm³/mol. The van der Waals surface area contributed by atoms with Gasteiger partial charge in [0.25, 0.3) is 0 Å². The van der Waals surface area contributed by atoms with Crippen LogP contribution in [0.25, 0.3) is 0 Å². The summed E-state index contributed by atoms with van der Waals surface area (Å²) in [6, 6.07) is 10.4. The lowest BCUT2D eigenvalue weighted by Gasteiger charge is -2.36. The Kier molecular flexibility index (Phi) is 5.52. The Morgan fingerprint density at radius 1 is 1.18 bits per heavy atom. The van der Waals surface area contributed by atoms with Crippen molar-refractivity contribution in [2.75, 3.05) is 46.9 Å². The molecule has 0 spiro atoms. The standard InChI is InChI=1S/C21H29N5O2/c1-22-20(26-12-10-25(11-13-26)15-18-7-14-28-24-18)23-16-21(8-9-21)17-3-5-19(27-2)6-4-17/h3-7,14H,8-13,15-16H2,1-2H3,(H,22,23). The van der Waals surface area contributed by atoms with E-state index in [0.717, 1.165) is 56.7 Å². The number of nitrogens with one attached hydrogen (secondary N) is 1. The fourth-order valence-electron chi connectivity index (χ4n) is 3.91. The van der Waals surface area contributed by atoms with Gasteiger partial charge in [-0.25, -0.2) is 0 Å². The van der Waals surface area contributed by atoms with Crippen LogP contribution < -0.4 is 10.1 Å². The van der Waals surface area contributed by atoms with Gasteiger partial charge >= 0.3 is 0 Å². The Balaban J connectivity index is 1.29. The molecule has 28 heavy (non-hydrogen) atoms. The van der Waals surface area contributed by atoms with E-state index < -0.39 is 0 Å². The number of benzene rings is 1. The van der Waals surface area contributed by atoms with Gasteiger partial charge in [0, 0.05) is 57.8 Å². The molecule has 1 aliphatic carbocycles. The van der Waals surface area contributed by atoms with Crippen LogP contribution in [-0.4, -0.2) is 67.8 Å². The maximum atomic E-state index is 5.28. The van der Waals surface area contributed by atoms with E-state index in [0.29, 0.717) is 0 Å². The molecule has 2 fully saturated rings. The minimum atomic E-state index is 0.233. The molecule has 7 heteroatoms. The van der Waals surface area contributed by atoms with Crippen LogP contribution in [0.2, 0.25) is 0 Å². The van der Waals surface area contributed by atoms with E-state index in [1.54, 1.807) is 13.4 Å². The molecule has 4 rings (SSSR count). The van der Waals surface area contributed by atoms with Crippen LogP contribution in [-0.2, 0) is 12.0 Å². The first-order valence-corrected chi connectivity index (χ1v) is 9.94. The Morgan fingerprint density at radius 3 is 2.50 bits per heavy atom. The van der Waals surface area contributed by atoms with Crippen LogP contribution in [0, 0.1) is 0 Å². The summed E-state index contributed by atoms with van der Waals surface area (Å²) in [6.45, 7) is 5.69. The number of methoxy groups -OCH3 is 1. The lowest BCUT2D eigenvalue weighted by Crippen LogP contribution is -2.53. The van der Waals surface area contributed by atoms with E-state index in [1.807, 2.05) is 13.1 Å². The minimum Gasteiger partial charge on any atom is -0.497 e. The molecule has 1 aromatic heterocycles. The molecule has 1 aliphatic heterocycles. The molecule has 1 aromatic carbocycles. The van der Waals surface area contributed by atoms with Crippen molar-refractivity contribution in [2.24, 2.45) is 4.99 Å². The van der Waals surface area contributed by atoms with E-state index in [1.165, 1.54) is 18.4 Å². The molecule has 1 saturated heterocycles. The number of aromatic nitrogens is 1. The van der Waals surface area contributed by atoms with Crippen LogP contribution in [0.4, 0.5) is 0 Å². The Bertz CT molecular complexity index is 776. The smallest absolute Gasteiger partial charge is 0.193 e. The Morgan fingerprint density at radius 2 is 1.93 bits per heavy atom. The van der Waals surface area contributed by atoms with Gasteiger partial charge in [0.1, 0.15) is 12.0 Å². The summed E-state index contributed by atoms with van der Waals surface area (Å²) in [5.74, 6) is 1.91. The molecule has 0 atom stereocenters. The average Bonchev–Trinajstić information content (AvgIpc) is 3.36. The molecule has 150 valence electrons. The molecule has 0 bridgehead atoms. The van der Waals surface area contributed by atoms with E-state index in [9.17, 15) is 0 Å². The molecular formula is C21H29N5O2. The van der Waals surface area contributed by atoms with E-state index in [4.69, 9.17) is 9.26 Å². The largest absolute Gasteiger partial charge is 0.497 e. The van der Waals surface area contributed by atoms with Crippen LogP contribution in [0.5, 0.6) is 5.75 Å². The second-order valence-corrected chi connectivity index (χ2v) is 7.66. The first-order chi connectivity index (χ1) is 13.7. The van der Waals surface area contributed by atoms with Gasteiger partial charge in [-0.1, -0.05) is 17.3 Å². The van der Waals surface area contributed by atoms with Crippen molar-refractivity contribution >= 4 is 5.96 Å². The van der Waals surface area contributed by atoms with Crippen molar-refractivity contribution in [2.45, 2.75) is 24.8 Å². The van der Waals surface area contributed by atoms with Crippen LogP contribution in [0.3, 0.4) is 0 Å². The number of nitrogens with zero attached hydrogens (tertiary/aromatic N) is 4. The molecule has 2 heterocycles. The molecule has 0 amide bonds. The van der Waals surface area contributed by atoms with Crippen LogP contribution in [0.1, 0.15) is 24.1 Å². The SMILES string of the molecule is CN=C(NCC1(c2ccc(OC)cc2)CC1)N1CCN(Cc2ccon2)CC1. The van der Waals surface area contributed by atoms with Gasteiger partial charge in [-0.3, -0.25) is 9.89 Å². The first kappa shape index (κ1) is 18.8. The monoisotopic (exact) mass is 383 g/mol. The highest BCUT2D eigenvalue weighted by atomic mass is 16.5. The second-order valence-electron chi connectivity index (χ2n) is 7.66. The molecule has 1 N–H and O–H groups in total. The Hall–Kier alpha value is -2.54. The maximum absolute atomic E-state index is 5.28. The van der Waals surface area contributed by atoms with Crippen LogP contribution >= 0.6 is 0 Å². The highest BCUT2D eigenvalue weighted by Gasteiger charge is 2.44. The molecule has 2 aliphatic rings. The number of piperazine rings is 1. The summed E-state index contributed by atoms with van der Waals surface area (Å²) in [7, 11) is 3.58. The van der Waals surface area contributed by atoms with Gasteiger partial charge in [-0.2, -0.15) is 0 Å². The van der Waals surface area contributed by atoms with Gasteiger partial charge in [0.2, 0.25) is 0 Å². The second kappa shape index (κ2) is 8.22. The fourth-order valence-corrected chi connectivity index (χ4v) is 3.91. The molecular weight excluding hydrogens is 354 g/mol. The van der Waals surface area contributed by atoms with E-state index in [2.05, 4.69) is 49.5 Å². The third kappa shape index (κ3) is 4.14. The number of guanidine groups is 1. The average molecular weight is 383 g/mol. The zero-order valence-corrected chi connectivity index (χ0v) is 16.7. The summed E-state index contributed by atoms with van der Waals surface area (Å²) in [6.07, 6.45) is 4.07. The Labute approximate surface area is 166 Å². The summed E-state index contributed by atoms with van der Waals surface area (Å²) in [5, 5.41) is 7.64. The van der Waals surface area contributed by atoms with Crippen molar-refractivity contribution in [3.05, 3.63) is 47.9 Å². The fraction of sp³-hybridized carbons (Fsp3) is 0.524. The quantitative estimate of drug-likeness (QED) is 0.609. The molecule has 0 radical (unpaired) electrons.